The molecule has 1 N–H and O–H groups in total. The van der Waals surface area contributed by atoms with E-state index < -0.39 is 0 Å². The standard InChI is InChI=1S/C12H25NO/c1-6-12(4,9-11(2)3)10-13-7-8-14-5/h6,11,13H,1,7-10H2,2-5H3. The van der Waals surface area contributed by atoms with Gasteiger partial charge in [0.05, 0.1) is 6.61 Å². The van der Waals surface area contributed by atoms with Gasteiger partial charge in [-0.25, -0.2) is 0 Å². The predicted octanol–water partition coefficient (Wildman–Crippen LogP) is 2.46. The summed E-state index contributed by atoms with van der Waals surface area (Å²) in [6.07, 6.45) is 3.24. The summed E-state index contributed by atoms with van der Waals surface area (Å²) in [5, 5.41) is 3.39. The molecule has 0 aliphatic carbocycles. The molecular formula is C12H25NO. The van der Waals surface area contributed by atoms with Crippen molar-refractivity contribution in [3.05, 3.63) is 12.7 Å². The van der Waals surface area contributed by atoms with Gasteiger partial charge in [-0.05, 0) is 17.8 Å². The Morgan fingerprint density at radius 2 is 2.14 bits per heavy atom. The Hall–Kier alpha value is -0.340. The average Bonchev–Trinajstić information content (AvgIpc) is 2.11. The van der Waals surface area contributed by atoms with Crippen LogP contribution in [0, 0.1) is 11.3 Å². The van der Waals surface area contributed by atoms with Crippen LogP contribution < -0.4 is 5.32 Å². The van der Waals surface area contributed by atoms with Crippen LogP contribution in [0.4, 0.5) is 0 Å². The summed E-state index contributed by atoms with van der Waals surface area (Å²) in [7, 11) is 1.72. The van der Waals surface area contributed by atoms with Gasteiger partial charge in [-0.1, -0.05) is 26.8 Å². The normalized spacial score (nSPS) is 15.5. The van der Waals surface area contributed by atoms with E-state index in [1.54, 1.807) is 7.11 Å². The van der Waals surface area contributed by atoms with Crippen LogP contribution in [0.3, 0.4) is 0 Å². The van der Waals surface area contributed by atoms with Crippen LogP contribution in [0.5, 0.6) is 0 Å². The Bertz CT molecular complexity index is 156. The van der Waals surface area contributed by atoms with E-state index in [1.807, 2.05) is 0 Å². The largest absolute Gasteiger partial charge is 0.383 e. The quantitative estimate of drug-likeness (QED) is 0.479. The monoisotopic (exact) mass is 199 g/mol. The lowest BCUT2D eigenvalue weighted by atomic mass is 9.82. The highest BCUT2D eigenvalue weighted by molar-refractivity contribution is 4.93. The lowest BCUT2D eigenvalue weighted by molar-refractivity contribution is 0.194. The maximum Gasteiger partial charge on any atom is 0.0587 e. The number of methoxy groups -OCH3 is 1. The first kappa shape index (κ1) is 13.7. The van der Waals surface area contributed by atoms with Gasteiger partial charge in [-0.3, -0.25) is 0 Å². The van der Waals surface area contributed by atoms with E-state index in [0.29, 0.717) is 5.92 Å². The van der Waals surface area contributed by atoms with Gasteiger partial charge in [-0.2, -0.15) is 0 Å². The number of hydrogen-bond acceptors (Lipinski definition) is 2. The smallest absolute Gasteiger partial charge is 0.0587 e. The number of rotatable bonds is 8. The van der Waals surface area contributed by atoms with Gasteiger partial charge in [0.25, 0.3) is 0 Å². The van der Waals surface area contributed by atoms with Crippen LogP contribution in [-0.4, -0.2) is 26.8 Å². The van der Waals surface area contributed by atoms with Crippen molar-refractivity contribution in [2.75, 3.05) is 26.8 Å². The number of hydrogen-bond donors (Lipinski definition) is 1. The SMILES string of the molecule is C=CC(C)(CNCCOC)CC(C)C. The molecule has 0 amide bonds. The van der Waals surface area contributed by atoms with Crippen molar-refractivity contribution in [2.45, 2.75) is 27.2 Å². The second-order valence-corrected chi connectivity index (χ2v) is 4.63. The van der Waals surface area contributed by atoms with Crippen molar-refractivity contribution in [2.24, 2.45) is 11.3 Å². The lowest BCUT2D eigenvalue weighted by Gasteiger charge is -2.28. The molecule has 0 aromatic carbocycles. The summed E-state index contributed by atoms with van der Waals surface area (Å²) in [5.41, 5.74) is 0.210. The fraction of sp³-hybridized carbons (Fsp3) is 0.833. The third kappa shape index (κ3) is 6.17. The molecule has 0 aliphatic rings. The number of ether oxygens (including phenoxy) is 1. The summed E-state index contributed by atoms with van der Waals surface area (Å²) >= 11 is 0. The molecular weight excluding hydrogens is 174 g/mol. The minimum atomic E-state index is 0.210. The van der Waals surface area contributed by atoms with E-state index in [4.69, 9.17) is 4.74 Å². The van der Waals surface area contributed by atoms with Gasteiger partial charge >= 0.3 is 0 Å². The van der Waals surface area contributed by atoms with Crippen molar-refractivity contribution >= 4 is 0 Å². The Morgan fingerprint density at radius 1 is 1.50 bits per heavy atom. The molecule has 0 rings (SSSR count). The van der Waals surface area contributed by atoms with Crippen LogP contribution in [0.1, 0.15) is 27.2 Å². The summed E-state index contributed by atoms with van der Waals surface area (Å²) in [5.74, 6) is 0.710. The molecule has 0 spiro atoms. The molecule has 2 nitrogen and oxygen atoms in total. The van der Waals surface area contributed by atoms with E-state index in [2.05, 4.69) is 38.7 Å². The van der Waals surface area contributed by atoms with Gasteiger partial charge in [0.1, 0.15) is 0 Å². The minimum absolute atomic E-state index is 0.210. The summed E-state index contributed by atoms with van der Waals surface area (Å²) in [6, 6.07) is 0. The zero-order valence-corrected chi connectivity index (χ0v) is 10.1. The van der Waals surface area contributed by atoms with Crippen LogP contribution >= 0.6 is 0 Å². The Kier molecular flexibility index (Phi) is 6.85. The van der Waals surface area contributed by atoms with E-state index in [1.165, 1.54) is 6.42 Å². The first-order chi connectivity index (χ1) is 6.54. The molecule has 0 aromatic heterocycles. The van der Waals surface area contributed by atoms with E-state index in [0.717, 1.165) is 19.7 Å². The maximum absolute atomic E-state index is 4.98. The summed E-state index contributed by atoms with van der Waals surface area (Å²) < 4.78 is 4.98. The third-order valence-electron chi connectivity index (χ3n) is 2.38. The van der Waals surface area contributed by atoms with Crippen LogP contribution in [0.15, 0.2) is 12.7 Å². The molecule has 0 saturated carbocycles. The molecule has 1 atom stereocenters. The maximum atomic E-state index is 4.98. The van der Waals surface area contributed by atoms with E-state index in [-0.39, 0.29) is 5.41 Å². The third-order valence-corrected chi connectivity index (χ3v) is 2.38. The fourth-order valence-corrected chi connectivity index (χ4v) is 1.71. The fourth-order valence-electron chi connectivity index (χ4n) is 1.71. The van der Waals surface area contributed by atoms with Gasteiger partial charge < -0.3 is 10.1 Å². The van der Waals surface area contributed by atoms with Crippen molar-refractivity contribution in [1.82, 2.24) is 5.32 Å². The van der Waals surface area contributed by atoms with E-state index >= 15 is 0 Å². The Balaban J connectivity index is 3.81. The number of nitrogens with one attached hydrogen (secondary N) is 1. The first-order valence-corrected chi connectivity index (χ1v) is 5.37. The van der Waals surface area contributed by atoms with Crippen LogP contribution in [-0.2, 0) is 4.74 Å². The lowest BCUT2D eigenvalue weighted by Crippen LogP contribution is -2.33. The first-order valence-electron chi connectivity index (χ1n) is 5.37. The molecule has 0 bridgehead atoms. The van der Waals surface area contributed by atoms with Crippen molar-refractivity contribution in [3.63, 3.8) is 0 Å². The Morgan fingerprint density at radius 3 is 2.57 bits per heavy atom. The van der Waals surface area contributed by atoms with Crippen LogP contribution in [0.2, 0.25) is 0 Å². The van der Waals surface area contributed by atoms with Crippen molar-refractivity contribution < 1.29 is 4.74 Å². The van der Waals surface area contributed by atoms with Crippen molar-refractivity contribution in [3.8, 4) is 0 Å². The molecule has 1 unspecified atom stereocenters. The molecule has 0 aliphatic heterocycles. The highest BCUT2D eigenvalue weighted by Gasteiger charge is 2.20. The zero-order valence-electron chi connectivity index (χ0n) is 10.1. The average molecular weight is 199 g/mol. The Labute approximate surface area is 88.7 Å². The molecule has 0 saturated heterocycles. The topological polar surface area (TPSA) is 21.3 Å². The molecule has 0 radical (unpaired) electrons. The molecule has 0 heterocycles. The van der Waals surface area contributed by atoms with Crippen molar-refractivity contribution in [1.29, 1.82) is 0 Å². The summed E-state index contributed by atoms with van der Waals surface area (Å²) in [6.45, 7) is 13.3. The minimum Gasteiger partial charge on any atom is -0.383 e. The molecule has 84 valence electrons. The highest BCUT2D eigenvalue weighted by atomic mass is 16.5. The second-order valence-electron chi connectivity index (χ2n) is 4.63. The molecule has 2 heteroatoms. The molecule has 14 heavy (non-hydrogen) atoms. The highest BCUT2D eigenvalue weighted by Crippen LogP contribution is 2.26. The molecule has 0 fully saturated rings. The van der Waals surface area contributed by atoms with Gasteiger partial charge in [-0.15, -0.1) is 6.58 Å². The van der Waals surface area contributed by atoms with Crippen LogP contribution in [0.25, 0.3) is 0 Å². The molecule has 0 aromatic rings. The van der Waals surface area contributed by atoms with Gasteiger partial charge in [0.2, 0.25) is 0 Å². The second kappa shape index (κ2) is 7.02. The van der Waals surface area contributed by atoms with Gasteiger partial charge in [0.15, 0.2) is 0 Å². The van der Waals surface area contributed by atoms with Gasteiger partial charge in [0, 0.05) is 20.2 Å². The predicted molar refractivity (Wildman–Crippen MR) is 62.5 cm³/mol. The van der Waals surface area contributed by atoms with E-state index in [9.17, 15) is 0 Å². The summed E-state index contributed by atoms with van der Waals surface area (Å²) in [4.78, 5) is 0. The zero-order chi connectivity index (χ0) is 11.0.